The number of aliphatic carboxylic acids is 1. The number of rotatable bonds is 16. The summed E-state index contributed by atoms with van der Waals surface area (Å²) in [6.07, 6.45) is 7.19. The first kappa shape index (κ1) is 21.0. The van der Waals surface area contributed by atoms with E-state index in [1.54, 1.807) is 0 Å². The normalized spacial score (nSPS) is 11.5. The maximum absolute atomic E-state index is 10.7. The number of aliphatic hydroxyl groups is 2. The minimum Gasteiger partial charge on any atom is -0.550 e. The standard InChI is InChI=1S/C16H31NO5/c1-2-3-4-5-6-7-14-22-15-17(10-12-18,11-13-19)9-8-16(20)21/h2,18-19H,1,3-15H2. The average molecular weight is 317 g/mol. The molecule has 0 aromatic carbocycles. The zero-order chi connectivity index (χ0) is 16.7. The lowest BCUT2D eigenvalue weighted by Crippen LogP contribution is -2.54. The Labute approximate surface area is 133 Å². The Hall–Kier alpha value is -0.950. The van der Waals surface area contributed by atoms with Gasteiger partial charge >= 0.3 is 0 Å². The first-order valence-electron chi connectivity index (χ1n) is 8.05. The molecule has 2 N–H and O–H groups in total. The molecule has 0 heterocycles. The maximum atomic E-state index is 10.7. The van der Waals surface area contributed by atoms with Gasteiger partial charge < -0.3 is 24.9 Å². The van der Waals surface area contributed by atoms with Gasteiger partial charge in [-0.2, -0.15) is 0 Å². The van der Waals surface area contributed by atoms with Crippen molar-refractivity contribution in [1.29, 1.82) is 0 Å². The highest BCUT2D eigenvalue weighted by molar-refractivity contribution is 5.64. The second-order valence-corrected chi connectivity index (χ2v) is 5.61. The zero-order valence-corrected chi connectivity index (χ0v) is 13.5. The van der Waals surface area contributed by atoms with Crippen LogP contribution >= 0.6 is 0 Å². The van der Waals surface area contributed by atoms with E-state index in [1.807, 2.05) is 6.08 Å². The molecule has 6 nitrogen and oxygen atoms in total. The quantitative estimate of drug-likeness (QED) is 0.182. The van der Waals surface area contributed by atoms with Crippen LogP contribution in [0.25, 0.3) is 0 Å². The Balaban J connectivity index is 4.09. The van der Waals surface area contributed by atoms with Gasteiger partial charge in [-0.05, 0) is 19.3 Å². The Kier molecular flexibility index (Phi) is 13.1. The molecule has 0 fully saturated rings. The summed E-state index contributed by atoms with van der Waals surface area (Å²) >= 11 is 0. The van der Waals surface area contributed by atoms with E-state index in [9.17, 15) is 20.1 Å². The predicted molar refractivity (Wildman–Crippen MR) is 82.8 cm³/mol. The van der Waals surface area contributed by atoms with E-state index in [-0.39, 0.29) is 24.1 Å². The largest absolute Gasteiger partial charge is 0.550 e. The molecule has 0 unspecified atom stereocenters. The van der Waals surface area contributed by atoms with Crippen LogP contribution in [0.5, 0.6) is 0 Å². The highest BCUT2D eigenvalue weighted by Gasteiger charge is 2.26. The highest BCUT2D eigenvalue weighted by atomic mass is 16.5. The average Bonchev–Trinajstić information content (AvgIpc) is 2.48. The van der Waals surface area contributed by atoms with Crippen LogP contribution in [0.1, 0.15) is 38.5 Å². The smallest absolute Gasteiger partial charge is 0.183 e. The minimum atomic E-state index is -1.12. The van der Waals surface area contributed by atoms with Gasteiger partial charge in [0.2, 0.25) is 0 Å². The molecule has 0 spiro atoms. The van der Waals surface area contributed by atoms with E-state index < -0.39 is 5.97 Å². The van der Waals surface area contributed by atoms with Gasteiger partial charge in [-0.1, -0.05) is 18.9 Å². The van der Waals surface area contributed by atoms with E-state index >= 15 is 0 Å². The van der Waals surface area contributed by atoms with E-state index in [0.717, 1.165) is 32.1 Å². The number of carbonyl (C=O) groups excluding carboxylic acids is 1. The monoisotopic (exact) mass is 317 g/mol. The lowest BCUT2D eigenvalue weighted by atomic mass is 10.1. The van der Waals surface area contributed by atoms with Crippen molar-refractivity contribution in [2.24, 2.45) is 0 Å². The lowest BCUT2D eigenvalue weighted by Gasteiger charge is -2.37. The van der Waals surface area contributed by atoms with Crippen molar-refractivity contribution in [2.45, 2.75) is 38.5 Å². The van der Waals surface area contributed by atoms with Crippen molar-refractivity contribution in [3.8, 4) is 0 Å². The number of carboxylic acids is 1. The van der Waals surface area contributed by atoms with Gasteiger partial charge in [0, 0.05) is 12.4 Å². The van der Waals surface area contributed by atoms with E-state index in [4.69, 9.17) is 4.74 Å². The third-order valence-corrected chi connectivity index (χ3v) is 3.75. The first-order valence-corrected chi connectivity index (χ1v) is 8.05. The van der Waals surface area contributed by atoms with Crippen molar-refractivity contribution in [1.82, 2.24) is 0 Å². The Morgan fingerprint density at radius 2 is 1.73 bits per heavy atom. The number of unbranched alkanes of at least 4 members (excludes halogenated alkanes) is 4. The van der Waals surface area contributed by atoms with Crippen molar-refractivity contribution in [3.63, 3.8) is 0 Å². The lowest BCUT2D eigenvalue weighted by molar-refractivity contribution is -0.946. The van der Waals surface area contributed by atoms with Crippen LogP contribution in [0.3, 0.4) is 0 Å². The summed E-state index contributed by atoms with van der Waals surface area (Å²) in [4.78, 5) is 10.7. The van der Waals surface area contributed by atoms with Crippen molar-refractivity contribution in [2.75, 3.05) is 46.2 Å². The number of hydrogen-bond donors (Lipinski definition) is 2. The number of ether oxygens (including phenoxy) is 1. The molecule has 0 aliphatic rings. The third kappa shape index (κ3) is 10.7. The molecule has 0 aromatic heterocycles. The van der Waals surface area contributed by atoms with Crippen molar-refractivity contribution in [3.05, 3.63) is 12.7 Å². The summed E-state index contributed by atoms with van der Waals surface area (Å²) in [5.74, 6) is -1.12. The van der Waals surface area contributed by atoms with Crippen molar-refractivity contribution < 1.29 is 29.3 Å². The molecule has 0 aliphatic carbocycles. The molecule has 0 radical (unpaired) electrons. The number of carbonyl (C=O) groups is 1. The van der Waals surface area contributed by atoms with Crippen LogP contribution in [-0.2, 0) is 9.53 Å². The minimum absolute atomic E-state index is 0.0715. The molecule has 130 valence electrons. The van der Waals surface area contributed by atoms with Crippen LogP contribution in [0, 0.1) is 0 Å². The Morgan fingerprint density at radius 3 is 2.27 bits per heavy atom. The fraction of sp³-hybridized carbons (Fsp3) is 0.812. The molecule has 0 saturated heterocycles. The topological polar surface area (TPSA) is 89.8 Å². The van der Waals surface area contributed by atoms with E-state index in [1.165, 1.54) is 0 Å². The fourth-order valence-corrected chi connectivity index (χ4v) is 2.39. The van der Waals surface area contributed by atoms with Gasteiger partial charge in [-0.3, -0.25) is 4.48 Å². The van der Waals surface area contributed by atoms with Gasteiger partial charge in [0.15, 0.2) is 6.73 Å². The number of hydrogen-bond acceptors (Lipinski definition) is 5. The molecule has 0 atom stereocenters. The Morgan fingerprint density at radius 1 is 1.09 bits per heavy atom. The Bertz CT molecular complexity index is 290. The molecule has 22 heavy (non-hydrogen) atoms. The fourth-order valence-electron chi connectivity index (χ4n) is 2.39. The molecule has 0 aliphatic heterocycles. The summed E-state index contributed by atoms with van der Waals surface area (Å²) < 4.78 is 5.91. The van der Waals surface area contributed by atoms with Crippen molar-refractivity contribution >= 4 is 5.97 Å². The zero-order valence-electron chi connectivity index (χ0n) is 13.5. The number of nitrogens with zero attached hydrogens (tertiary/aromatic N) is 1. The first-order chi connectivity index (χ1) is 10.6. The second-order valence-electron chi connectivity index (χ2n) is 5.61. The number of allylic oxidation sites excluding steroid dienone is 1. The number of quaternary nitrogens is 1. The van der Waals surface area contributed by atoms with E-state index in [2.05, 4.69) is 6.58 Å². The van der Waals surface area contributed by atoms with Gasteiger partial charge in [0.05, 0.1) is 26.4 Å². The summed E-state index contributed by atoms with van der Waals surface area (Å²) in [6.45, 7) is 5.49. The molecular formula is C16H31NO5. The molecule has 0 amide bonds. The van der Waals surface area contributed by atoms with Gasteiger partial charge in [-0.25, -0.2) is 0 Å². The van der Waals surface area contributed by atoms with Crippen LogP contribution in [0.2, 0.25) is 0 Å². The molecule has 6 heteroatoms. The van der Waals surface area contributed by atoms with Crippen LogP contribution in [0.15, 0.2) is 12.7 Å². The summed E-state index contributed by atoms with van der Waals surface area (Å²) in [5, 5.41) is 29.0. The molecule has 0 saturated carbocycles. The molecular weight excluding hydrogens is 286 g/mol. The summed E-state index contributed by atoms with van der Waals surface area (Å²) in [5.41, 5.74) is 0. The summed E-state index contributed by atoms with van der Waals surface area (Å²) in [7, 11) is 0. The molecule has 0 bridgehead atoms. The van der Waals surface area contributed by atoms with Crippen LogP contribution in [-0.4, -0.2) is 66.9 Å². The molecule has 0 aromatic rings. The van der Waals surface area contributed by atoms with E-state index in [0.29, 0.717) is 33.0 Å². The maximum Gasteiger partial charge on any atom is 0.183 e. The van der Waals surface area contributed by atoms with Gasteiger partial charge in [0.1, 0.15) is 13.1 Å². The van der Waals surface area contributed by atoms with Crippen LogP contribution in [0.4, 0.5) is 0 Å². The second kappa shape index (κ2) is 13.7. The molecule has 0 rings (SSSR count). The third-order valence-electron chi connectivity index (χ3n) is 3.75. The number of carboxylic acid groups (broad SMARTS) is 1. The highest BCUT2D eigenvalue weighted by Crippen LogP contribution is 2.10. The van der Waals surface area contributed by atoms with Crippen LogP contribution < -0.4 is 5.11 Å². The SMILES string of the molecule is C=CCCCCCCOC[N+](CCO)(CCO)CCC(=O)[O-]. The number of aliphatic hydroxyl groups excluding tert-OH is 2. The predicted octanol–water partition coefficient (Wildman–Crippen LogP) is 0.0384. The van der Waals surface area contributed by atoms with Gasteiger partial charge in [0.25, 0.3) is 0 Å². The van der Waals surface area contributed by atoms with Gasteiger partial charge in [-0.15, -0.1) is 6.58 Å². The summed E-state index contributed by atoms with van der Waals surface area (Å²) in [6, 6.07) is 0.